The molecule has 0 bridgehead atoms. The van der Waals surface area contributed by atoms with Gasteiger partial charge in [-0.1, -0.05) is 12.1 Å². The van der Waals surface area contributed by atoms with E-state index in [2.05, 4.69) is 15.2 Å². The van der Waals surface area contributed by atoms with E-state index >= 15 is 0 Å². The molecule has 1 aromatic heterocycles. The van der Waals surface area contributed by atoms with Crippen molar-refractivity contribution < 1.29 is 18.3 Å². The SMILES string of the molecule is Oc1ccc(Nc2ccnc3c(C(F)(F)F)cccc23)cc1CN1CCCC1. The number of benzene rings is 2. The van der Waals surface area contributed by atoms with Gasteiger partial charge in [-0.15, -0.1) is 0 Å². The Morgan fingerprint density at radius 3 is 2.61 bits per heavy atom. The van der Waals surface area contributed by atoms with Crippen LogP contribution in [0.5, 0.6) is 5.75 Å². The first-order valence-corrected chi connectivity index (χ1v) is 9.18. The Bertz CT molecular complexity index is 998. The summed E-state index contributed by atoms with van der Waals surface area (Å²) in [6.45, 7) is 2.66. The second-order valence-electron chi connectivity index (χ2n) is 7.01. The van der Waals surface area contributed by atoms with Crippen molar-refractivity contribution in [1.29, 1.82) is 0 Å². The van der Waals surface area contributed by atoms with Crippen LogP contribution in [-0.4, -0.2) is 28.1 Å². The van der Waals surface area contributed by atoms with Gasteiger partial charge in [0, 0.05) is 35.1 Å². The van der Waals surface area contributed by atoms with Gasteiger partial charge in [0.1, 0.15) is 5.75 Å². The Morgan fingerprint density at radius 2 is 1.86 bits per heavy atom. The van der Waals surface area contributed by atoms with Gasteiger partial charge < -0.3 is 10.4 Å². The number of likely N-dealkylation sites (tertiary alicyclic amines) is 1. The Kier molecular flexibility index (Phi) is 4.85. The lowest BCUT2D eigenvalue weighted by Gasteiger charge is -2.17. The number of para-hydroxylation sites is 1. The lowest BCUT2D eigenvalue weighted by atomic mass is 10.1. The first-order valence-electron chi connectivity index (χ1n) is 9.18. The van der Waals surface area contributed by atoms with Crippen molar-refractivity contribution in [2.45, 2.75) is 25.6 Å². The predicted molar refractivity (Wildman–Crippen MR) is 103 cm³/mol. The lowest BCUT2D eigenvalue weighted by Crippen LogP contribution is -2.18. The molecule has 1 aliphatic rings. The van der Waals surface area contributed by atoms with Gasteiger partial charge in [-0.25, -0.2) is 0 Å². The Labute approximate surface area is 160 Å². The van der Waals surface area contributed by atoms with E-state index < -0.39 is 11.7 Å². The third-order valence-electron chi connectivity index (χ3n) is 5.03. The van der Waals surface area contributed by atoms with Crippen molar-refractivity contribution in [1.82, 2.24) is 9.88 Å². The molecule has 0 amide bonds. The Hall–Kier alpha value is -2.80. The molecule has 4 nitrogen and oxygen atoms in total. The first-order chi connectivity index (χ1) is 13.4. The van der Waals surface area contributed by atoms with Crippen molar-refractivity contribution in [2.24, 2.45) is 0 Å². The summed E-state index contributed by atoms with van der Waals surface area (Å²) in [5.74, 6) is 0.219. The molecule has 1 fully saturated rings. The molecule has 0 aliphatic carbocycles. The molecule has 28 heavy (non-hydrogen) atoms. The topological polar surface area (TPSA) is 48.4 Å². The fraction of sp³-hybridized carbons (Fsp3) is 0.286. The number of aromatic hydroxyl groups is 1. The number of phenolic OH excluding ortho intramolecular Hbond substituents is 1. The molecule has 1 aliphatic heterocycles. The van der Waals surface area contributed by atoms with Gasteiger partial charge in [-0.3, -0.25) is 9.88 Å². The summed E-state index contributed by atoms with van der Waals surface area (Å²) >= 11 is 0. The van der Waals surface area contributed by atoms with Crippen LogP contribution in [0.25, 0.3) is 10.9 Å². The molecule has 1 saturated heterocycles. The smallest absolute Gasteiger partial charge is 0.418 e. The molecule has 3 aromatic rings. The summed E-state index contributed by atoms with van der Waals surface area (Å²) in [4.78, 5) is 6.22. The van der Waals surface area contributed by atoms with Crippen LogP contribution in [0.15, 0.2) is 48.7 Å². The molecule has 2 N–H and O–H groups in total. The summed E-state index contributed by atoms with van der Waals surface area (Å²) in [6, 6.07) is 10.8. The number of phenols is 1. The number of fused-ring (bicyclic) bond motifs is 1. The van der Waals surface area contributed by atoms with Crippen molar-refractivity contribution in [3.8, 4) is 5.75 Å². The van der Waals surface area contributed by atoms with E-state index in [1.54, 1.807) is 24.3 Å². The quantitative estimate of drug-likeness (QED) is 0.597. The first kappa shape index (κ1) is 18.6. The van der Waals surface area contributed by atoms with Crippen LogP contribution < -0.4 is 5.32 Å². The zero-order valence-corrected chi connectivity index (χ0v) is 15.1. The monoisotopic (exact) mass is 387 g/mol. The zero-order chi connectivity index (χ0) is 19.7. The van der Waals surface area contributed by atoms with Gasteiger partial charge >= 0.3 is 6.18 Å². The minimum Gasteiger partial charge on any atom is -0.508 e. The van der Waals surface area contributed by atoms with Gasteiger partial charge in [-0.05, 0) is 56.3 Å². The molecule has 2 heterocycles. The number of rotatable bonds is 4. The van der Waals surface area contributed by atoms with Crippen LogP contribution in [0.1, 0.15) is 24.0 Å². The maximum atomic E-state index is 13.3. The minimum absolute atomic E-state index is 0.0870. The van der Waals surface area contributed by atoms with Crippen molar-refractivity contribution in [3.63, 3.8) is 0 Å². The highest BCUT2D eigenvalue weighted by molar-refractivity contribution is 5.94. The van der Waals surface area contributed by atoms with E-state index in [1.807, 2.05) is 6.07 Å². The Balaban J connectivity index is 1.67. The van der Waals surface area contributed by atoms with E-state index in [-0.39, 0.29) is 11.3 Å². The average molecular weight is 387 g/mol. The van der Waals surface area contributed by atoms with Gasteiger partial charge in [0.15, 0.2) is 0 Å². The molecule has 4 rings (SSSR count). The largest absolute Gasteiger partial charge is 0.508 e. The number of halogens is 3. The second kappa shape index (κ2) is 7.31. The maximum absolute atomic E-state index is 13.3. The molecule has 0 unspecified atom stereocenters. The number of hydrogen-bond acceptors (Lipinski definition) is 4. The third-order valence-corrected chi connectivity index (χ3v) is 5.03. The number of aromatic nitrogens is 1. The summed E-state index contributed by atoms with van der Waals surface area (Å²) in [5.41, 5.74) is 1.19. The fourth-order valence-electron chi connectivity index (χ4n) is 3.64. The summed E-state index contributed by atoms with van der Waals surface area (Å²) < 4.78 is 39.8. The number of nitrogens with one attached hydrogen (secondary N) is 1. The van der Waals surface area contributed by atoms with Crippen LogP contribution in [0.2, 0.25) is 0 Å². The predicted octanol–water partition coefficient (Wildman–Crippen LogP) is 5.30. The summed E-state index contributed by atoms with van der Waals surface area (Å²) in [5, 5.41) is 13.7. The van der Waals surface area contributed by atoms with Gasteiger partial charge in [0.05, 0.1) is 11.1 Å². The highest BCUT2D eigenvalue weighted by atomic mass is 19.4. The minimum atomic E-state index is -4.47. The lowest BCUT2D eigenvalue weighted by molar-refractivity contribution is -0.136. The van der Waals surface area contributed by atoms with E-state index in [4.69, 9.17) is 0 Å². The van der Waals surface area contributed by atoms with Crippen LogP contribution >= 0.6 is 0 Å². The maximum Gasteiger partial charge on any atom is 0.418 e. The van der Waals surface area contributed by atoms with Gasteiger partial charge in [-0.2, -0.15) is 13.2 Å². The van der Waals surface area contributed by atoms with E-state index in [0.717, 1.165) is 37.6 Å². The number of hydrogen-bond donors (Lipinski definition) is 2. The third kappa shape index (κ3) is 3.75. The standard InChI is InChI=1S/C21H20F3N3O/c22-21(23,24)17-5-3-4-16-18(8-9-25-20(16)17)26-15-6-7-19(28)14(12-15)13-27-10-1-2-11-27/h3-9,12,28H,1-2,10-11,13H2,(H,25,26). The van der Waals surface area contributed by atoms with Gasteiger partial charge in [0.25, 0.3) is 0 Å². The number of pyridine rings is 1. The second-order valence-corrected chi connectivity index (χ2v) is 7.01. The van der Waals surface area contributed by atoms with Crippen LogP contribution in [0, 0.1) is 0 Å². The van der Waals surface area contributed by atoms with Crippen molar-refractivity contribution >= 4 is 22.3 Å². The number of alkyl halides is 3. The molecular weight excluding hydrogens is 367 g/mol. The Morgan fingerprint density at radius 1 is 1.07 bits per heavy atom. The normalized spacial score (nSPS) is 15.2. The molecule has 146 valence electrons. The zero-order valence-electron chi connectivity index (χ0n) is 15.1. The molecular formula is C21H20F3N3O. The molecule has 7 heteroatoms. The van der Waals surface area contributed by atoms with Crippen molar-refractivity contribution in [3.05, 3.63) is 59.8 Å². The molecule has 0 atom stereocenters. The van der Waals surface area contributed by atoms with Crippen LogP contribution in [-0.2, 0) is 12.7 Å². The van der Waals surface area contributed by atoms with Crippen molar-refractivity contribution in [2.75, 3.05) is 18.4 Å². The molecule has 0 radical (unpaired) electrons. The average Bonchev–Trinajstić information content (AvgIpc) is 3.16. The molecule has 2 aromatic carbocycles. The van der Waals surface area contributed by atoms with E-state index in [9.17, 15) is 18.3 Å². The van der Waals surface area contributed by atoms with Crippen LogP contribution in [0.4, 0.5) is 24.5 Å². The highest BCUT2D eigenvalue weighted by Crippen LogP contribution is 2.36. The molecule has 0 spiro atoms. The van der Waals surface area contributed by atoms with E-state index in [1.165, 1.54) is 12.3 Å². The van der Waals surface area contributed by atoms with Gasteiger partial charge in [0.2, 0.25) is 0 Å². The number of nitrogens with zero attached hydrogens (tertiary/aromatic N) is 2. The fourth-order valence-corrected chi connectivity index (χ4v) is 3.64. The summed E-state index contributed by atoms with van der Waals surface area (Å²) in [7, 11) is 0. The van der Waals surface area contributed by atoms with Crippen LogP contribution in [0.3, 0.4) is 0 Å². The van der Waals surface area contributed by atoms with E-state index in [0.29, 0.717) is 23.3 Å². The summed E-state index contributed by atoms with van der Waals surface area (Å²) in [6.07, 6.45) is -0.787. The highest BCUT2D eigenvalue weighted by Gasteiger charge is 2.33. The molecule has 0 saturated carbocycles. The number of anilines is 2.